The van der Waals surface area contributed by atoms with Crippen LogP contribution in [-0.2, 0) is 11.2 Å². The van der Waals surface area contributed by atoms with Crippen LogP contribution < -0.4 is 5.73 Å². The fourth-order valence-corrected chi connectivity index (χ4v) is 2.45. The van der Waals surface area contributed by atoms with Gasteiger partial charge in [-0.15, -0.1) is 0 Å². The van der Waals surface area contributed by atoms with E-state index in [1.165, 1.54) is 0 Å². The molecule has 1 aliphatic rings. The summed E-state index contributed by atoms with van der Waals surface area (Å²) in [5, 5.41) is 0. The third kappa shape index (κ3) is 3.65. The van der Waals surface area contributed by atoms with Crippen LogP contribution in [-0.4, -0.2) is 22.6 Å². The Bertz CT molecular complexity index is 492. The fourth-order valence-electron chi connectivity index (χ4n) is 2.45. The highest BCUT2D eigenvalue weighted by atomic mass is 19.3. The fraction of sp³-hybridized carbons (Fsp3) is 0.571. The lowest BCUT2D eigenvalue weighted by molar-refractivity contribution is -0.0876. The first-order valence-corrected chi connectivity index (χ1v) is 6.48. The maximum absolute atomic E-state index is 12.8. The molecule has 0 radical (unpaired) electrons. The highest BCUT2D eigenvalue weighted by Crippen LogP contribution is 2.47. The Kier molecular flexibility index (Phi) is 3.67. The molecule has 1 saturated carbocycles. The normalized spacial score (nSPS) is 18.4. The molecule has 2 rings (SSSR count). The van der Waals surface area contributed by atoms with Gasteiger partial charge in [-0.05, 0) is 25.5 Å². The molecule has 0 spiro atoms. The Morgan fingerprint density at radius 2 is 2.15 bits per heavy atom. The van der Waals surface area contributed by atoms with Gasteiger partial charge in [0.1, 0.15) is 5.60 Å². The smallest absolute Gasteiger partial charge is 0.405 e. The molecule has 1 fully saturated rings. The predicted molar refractivity (Wildman–Crippen MR) is 69.6 cm³/mol. The molecule has 1 aliphatic carbocycles. The Labute approximate surface area is 116 Å². The highest BCUT2D eigenvalue weighted by Gasteiger charge is 2.46. The zero-order chi connectivity index (χ0) is 15.0. The van der Waals surface area contributed by atoms with Crippen molar-refractivity contribution < 1.29 is 18.3 Å². The minimum Gasteiger partial charge on any atom is -0.443 e. The molecule has 110 valence electrons. The van der Waals surface area contributed by atoms with E-state index in [0.29, 0.717) is 12.1 Å². The van der Waals surface area contributed by atoms with Crippen molar-refractivity contribution in [3.05, 3.63) is 29.6 Å². The lowest BCUT2D eigenvalue weighted by atomic mass is 9.79. The third-order valence-electron chi connectivity index (χ3n) is 3.36. The molecule has 6 heteroatoms. The van der Waals surface area contributed by atoms with Crippen molar-refractivity contribution in [2.45, 2.75) is 50.6 Å². The summed E-state index contributed by atoms with van der Waals surface area (Å²) in [6.07, 6.45) is 1.02. The molecule has 0 atom stereocenters. The number of primary amides is 1. The standard InChI is InChI=1S/C14H18F2N2O2/c1-13(2,20-12(17)19)5-9-3-4-11(18-8-9)10-6-14(15,16)7-10/h3-4,8,10H,5-7H2,1-2H3,(H2,17,19). The number of carbonyl (C=O) groups is 1. The van der Waals surface area contributed by atoms with Gasteiger partial charge in [0.15, 0.2) is 0 Å². The van der Waals surface area contributed by atoms with Gasteiger partial charge >= 0.3 is 6.09 Å². The molecule has 0 unspecified atom stereocenters. The van der Waals surface area contributed by atoms with Crippen molar-refractivity contribution in [3.63, 3.8) is 0 Å². The average molecular weight is 284 g/mol. The van der Waals surface area contributed by atoms with Gasteiger partial charge in [-0.2, -0.15) is 0 Å². The maximum atomic E-state index is 12.8. The van der Waals surface area contributed by atoms with Crippen LogP contribution in [0.5, 0.6) is 0 Å². The van der Waals surface area contributed by atoms with Crippen LogP contribution >= 0.6 is 0 Å². The number of nitrogens with two attached hydrogens (primary N) is 1. The number of carbonyl (C=O) groups excluding carboxylic acids is 1. The summed E-state index contributed by atoms with van der Waals surface area (Å²) in [6.45, 7) is 3.50. The molecule has 4 nitrogen and oxygen atoms in total. The number of aromatic nitrogens is 1. The largest absolute Gasteiger partial charge is 0.443 e. The van der Waals surface area contributed by atoms with E-state index in [1.807, 2.05) is 6.07 Å². The van der Waals surface area contributed by atoms with Crippen molar-refractivity contribution in [3.8, 4) is 0 Å². The molecule has 1 aromatic heterocycles. The van der Waals surface area contributed by atoms with Crippen LogP contribution in [0.15, 0.2) is 18.3 Å². The second-order valence-corrected chi connectivity index (χ2v) is 5.91. The van der Waals surface area contributed by atoms with E-state index in [1.54, 1.807) is 26.1 Å². The molecule has 0 saturated heterocycles. The number of alkyl halides is 2. The number of amides is 1. The second-order valence-electron chi connectivity index (χ2n) is 5.91. The summed E-state index contributed by atoms with van der Waals surface area (Å²) in [5.74, 6) is -2.70. The zero-order valence-corrected chi connectivity index (χ0v) is 11.5. The molecule has 2 N–H and O–H groups in total. The summed E-state index contributed by atoms with van der Waals surface area (Å²) in [7, 11) is 0. The van der Waals surface area contributed by atoms with Gasteiger partial charge in [-0.25, -0.2) is 13.6 Å². The monoisotopic (exact) mass is 284 g/mol. The van der Waals surface area contributed by atoms with E-state index in [0.717, 1.165) is 5.56 Å². The van der Waals surface area contributed by atoms with Crippen molar-refractivity contribution in [1.82, 2.24) is 4.98 Å². The first kappa shape index (κ1) is 14.7. The molecule has 1 amide bonds. The van der Waals surface area contributed by atoms with Crippen LogP contribution in [0.2, 0.25) is 0 Å². The predicted octanol–water partition coefficient (Wildman–Crippen LogP) is 3.01. The van der Waals surface area contributed by atoms with E-state index in [2.05, 4.69) is 4.98 Å². The molecule has 0 aliphatic heterocycles. The van der Waals surface area contributed by atoms with Gasteiger partial charge in [0.25, 0.3) is 0 Å². The van der Waals surface area contributed by atoms with Gasteiger partial charge in [0.05, 0.1) is 0 Å². The van der Waals surface area contributed by atoms with E-state index >= 15 is 0 Å². The molecule has 0 aromatic carbocycles. The molecule has 1 heterocycles. The Hall–Kier alpha value is -1.72. The van der Waals surface area contributed by atoms with Crippen molar-refractivity contribution >= 4 is 6.09 Å². The number of ether oxygens (including phenoxy) is 1. The number of nitrogens with zero attached hydrogens (tertiary/aromatic N) is 1. The molecule has 0 bridgehead atoms. The van der Waals surface area contributed by atoms with Crippen molar-refractivity contribution in [2.75, 3.05) is 0 Å². The Balaban J connectivity index is 1.97. The summed E-state index contributed by atoms with van der Waals surface area (Å²) in [6, 6.07) is 3.58. The molecule has 20 heavy (non-hydrogen) atoms. The summed E-state index contributed by atoms with van der Waals surface area (Å²) in [5.41, 5.74) is 5.83. The van der Waals surface area contributed by atoms with E-state index in [9.17, 15) is 13.6 Å². The van der Waals surface area contributed by atoms with Gasteiger partial charge in [-0.1, -0.05) is 6.07 Å². The lowest BCUT2D eigenvalue weighted by Crippen LogP contribution is -2.34. The van der Waals surface area contributed by atoms with Gasteiger partial charge in [0, 0.05) is 37.1 Å². The zero-order valence-electron chi connectivity index (χ0n) is 11.5. The third-order valence-corrected chi connectivity index (χ3v) is 3.36. The molecular formula is C14H18F2N2O2. The first-order valence-electron chi connectivity index (χ1n) is 6.48. The summed E-state index contributed by atoms with van der Waals surface area (Å²) in [4.78, 5) is 15.0. The molecular weight excluding hydrogens is 266 g/mol. The van der Waals surface area contributed by atoms with Gasteiger partial charge in [0.2, 0.25) is 5.92 Å². The first-order chi connectivity index (χ1) is 9.17. The summed E-state index contributed by atoms with van der Waals surface area (Å²) < 4.78 is 30.6. The van der Waals surface area contributed by atoms with Gasteiger partial charge in [-0.3, -0.25) is 4.98 Å². The van der Waals surface area contributed by atoms with E-state index in [-0.39, 0.29) is 18.8 Å². The second kappa shape index (κ2) is 5.00. The Morgan fingerprint density at radius 3 is 2.60 bits per heavy atom. The average Bonchev–Trinajstić information content (AvgIpc) is 2.24. The minimum absolute atomic E-state index is 0.129. The molecule has 1 aromatic rings. The Morgan fingerprint density at radius 1 is 1.50 bits per heavy atom. The van der Waals surface area contributed by atoms with Crippen LogP contribution in [0.4, 0.5) is 13.6 Å². The number of halogens is 2. The van der Waals surface area contributed by atoms with E-state index < -0.39 is 17.6 Å². The van der Waals surface area contributed by atoms with Gasteiger partial charge < -0.3 is 10.5 Å². The number of rotatable bonds is 4. The highest BCUT2D eigenvalue weighted by molar-refractivity contribution is 5.65. The summed E-state index contributed by atoms with van der Waals surface area (Å²) >= 11 is 0. The SMILES string of the molecule is CC(C)(Cc1ccc(C2CC(F)(F)C2)nc1)OC(N)=O. The topological polar surface area (TPSA) is 65.2 Å². The number of hydrogen-bond donors (Lipinski definition) is 1. The minimum atomic E-state index is -2.54. The van der Waals surface area contributed by atoms with Crippen molar-refractivity contribution in [1.29, 1.82) is 0 Å². The quantitative estimate of drug-likeness (QED) is 0.924. The van der Waals surface area contributed by atoms with E-state index in [4.69, 9.17) is 10.5 Å². The number of hydrogen-bond acceptors (Lipinski definition) is 3. The maximum Gasteiger partial charge on any atom is 0.405 e. The lowest BCUT2D eigenvalue weighted by Gasteiger charge is -2.34. The van der Waals surface area contributed by atoms with Crippen LogP contribution in [0, 0.1) is 0 Å². The van der Waals surface area contributed by atoms with Crippen molar-refractivity contribution in [2.24, 2.45) is 5.73 Å². The van der Waals surface area contributed by atoms with Crippen LogP contribution in [0.25, 0.3) is 0 Å². The number of pyridine rings is 1. The van der Waals surface area contributed by atoms with Crippen LogP contribution in [0.3, 0.4) is 0 Å². The van der Waals surface area contributed by atoms with Crippen LogP contribution in [0.1, 0.15) is 43.9 Å².